The lowest BCUT2D eigenvalue weighted by atomic mass is 9.82. The zero-order valence-corrected chi connectivity index (χ0v) is 7.38. The molecule has 66 valence electrons. The van der Waals surface area contributed by atoms with E-state index in [1.807, 2.05) is 0 Å². The Balaban J connectivity index is 1.81. The fourth-order valence-corrected chi connectivity index (χ4v) is 1.42. The zero-order chi connectivity index (χ0) is 8.10. The summed E-state index contributed by atoms with van der Waals surface area (Å²) < 4.78 is 5.47. The molecule has 0 atom stereocenters. The van der Waals surface area contributed by atoms with Crippen molar-refractivity contribution in [3.8, 4) is 0 Å². The molecule has 1 rings (SSSR count). The van der Waals surface area contributed by atoms with E-state index in [9.17, 15) is 0 Å². The third kappa shape index (κ3) is 3.21. The van der Waals surface area contributed by atoms with Gasteiger partial charge < -0.3 is 10.5 Å². The Bertz CT molecular complexity index is 99.7. The van der Waals surface area contributed by atoms with Gasteiger partial charge in [-0.15, -0.1) is 0 Å². The van der Waals surface area contributed by atoms with Gasteiger partial charge in [0.1, 0.15) is 0 Å². The van der Waals surface area contributed by atoms with Gasteiger partial charge in [0, 0.05) is 19.3 Å². The summed E-state index contributed by atoms with van der Waals surface area (Å²) in [6.45, 7) is 4.05. The van der Waals surface area contributed by atoms with Crippen LogP contribution in [0.2, 0.25) is 0 Å². The van der Waals surface area contributed by atoms with Crippen molar-refractivity contribution in [2.24, 2.45) is 11.7 Å². The summed E-state index contributed by atoms with van der Waals surface area (Å²) in [7, 11) is 0. The maximum Gasteiger partial charge on any atom is 0.0495 e. The number of hydrogen-bond acceptors (Lipinski definition) is 2. The topological polar surface area (TPSA) is 35.2 Å². The molecule has 0 aromatic rings. The van der Waals surface area contributed by atoms with Gasteiger partial charge in [0.25, 0.3) is 0 Å². The molecule has 0 bridgehead atoms. The molecule has 2 nitrogen and oxygen atoms in total. The first-order chi connectivity index (χ1) is 5.33. The Morgan fingerprint density at radius 1 is 1.45 bits per heavy atom. The summed E-state index contributed by atoms with van der Waals surface area (Å²) in [6.07, 6.45) is 4.77. The molecule has 0 saturated heterocycles. The molecule has 2 heteroatoms. The molecule has 1 aliphatic rings. The summed E-state index contributed by atoms with van der Waals surface area (Å²) in [6, 6.07) is 0.467. The van der Waals surface area contributed by atoms with Crippen molar-refractivity contribution >= 4 is 0 Å². The second-order valence-electron chi connectivity index (χ2n) is 3.53. The second kappa shape index (κ2) is 4.73. The number of unbranched alkanes of at least 4 members (excludes halogenated alkanes) is 1. The van der Waals surface area contributed by atoms with Gasteiger partial charge in [-0.05, 0) is 25.2 Å². The van der Waals surface area contributed by atoms with Gasteiger partial charge in [0.2, 0.25) is 0 Å². The van der Waals surface area contributed by atoms with Crippen molar-refractivity contribution in [3.63, 3.8) is 0 Å². The van der Waals surface area contributed by atoms with Crippen molar-refractivity contribution in [1.82, 2.24) is 0 Å². The highest BCUT2D eigenvalue weighted by Crippen LogP contribution is 2.25. The highest BCUT2D eigenvalue weighted by atomic mass is 16.5. The van der Waals surface area contributed by atoms with Crippen LogP contribution < -0.4 is 5.73 Å². The Morgan fingerprint density at radius 2 is 2.18 bits per heavy atom. The maximum absolute atomic E-state index is 5.64. The van der Waals surface area contributed by atoms with Crippen LogP contribution in [-0.2, 0) is 4.74 Å². The van der Waals surface area contributed by atoms with Crippen molar-refractivity contribution in [2.75, 3.05) is 13.2 Å². The largest absolute Gasteiger partial charge is 0.381 e. The van der Waals surface area contributed by atoms with Gasteiger partial charge in [0.15, 0.2) is 0 Å². The minimum atomic E-state index is 0.467. The molecule has 0 aromatic heterocycles. The summed E-state index contributed by atoms with van der Waals surface area (Å²) in [5, 5.41) is 0. The molecule has 1 fully saturated rings. The van der Waals surface area contributed by atoms with Crippen LogP contribution in [0.1, 0.15) is 32.6 Å². The van der Waals surface area contributed by atoms with Crippen molar-refractivity contribution < 1.29 is 4.74 Å². The van der Waals surface area contributed by atoms with Crippen molar-refractivity contribution in [1.29, 1.82) is 0 Å². The molecule has 0 radical (unpaired) electrons. The third-order valence-electron chi connectivity index (χ3n) is 2.27. The van der Waals surface area contributed by atoms with E-state index >= 15 is 0 Å². The van der Waals surface area contributed by atoms with Crippen LogP contribution in [0.25, 0.3) is 0 Å². The Kier molecular flexibility index (Phi) is 3.87. The smallest absolute Gasteiger partial charge is 0.0495 e. The molecular formula is C9H19NO. The Morgan fingerprint density at radius 3 is 2.73 bits per heavy atom. The highest BCUT2D eigenvalue weighted by Gasteiger charge is 2.25. The van der Waals surface area contributed by atoms with Crippen LogP contribution in [0.5, 0.6) is 0 Å². The van der Waals surface area contributed by atoms with Crippen molar-refractivity contribution in [3.05, 3.63) is 0 Å². The van der Waals surface area contributed by atoms with Crippen molar-refractivity contribution in [2.45, 2.75) is 38.6 Å². The van der Waals surface area contributed by atoms with Crippen LogP contribution in [0.3, 0.4) is 0 Å². The molecule has 1 saturated carbocycles. The van der Waals surface area contributed by atoms with Gasteiger partial charge in [-0.25, -0.2) is 0 Å². The van der Waals surface area contributed by atoms with E-state index in [0.717, 1.165) is 19.1 Å². The zero-order valence-electron chi connectivity index (χ0n) is 7.38. The average Bonchev–Trinajstić information content (AvgIpc) is 1.94. The van der Waals surface area contributed by atoms with Crippen LogP contribution in [-0.4, -0.2) is 19.3 Å². The SMILES string of the molecule is CCCCOCC1CC(N)C1. The first-order valence-electron chi connectivity index (χ1n) is 4.66. The van der Waals surface area contributed by atoms with E-state index in [1.54, 1.807) is 0 Å². The lowest BCUT2D eigenvalue weighted by Crippen LogP contribution is -2.38. The highest BCUT2D eigenvalue weighted by molar-refractivity contribution is 4.81. The van der Waals surface area contributed by atoms with E-state index in [0.29, 0.717) is 6.04 Å². The van der Waals surface area contributed by atoms with Gasteiger partial charge in [0.05, 0.1) is 0 Å². The first-order valence-corrected chi connectivity index (χ1v) is 4.66. The molecule has 0 heterocycles. The van der Waals surface area contributed by atoms with Crippen LogP contribution in [0.15, 0.2) is 0 Å². The standard InChI is InChI=1S/C9H19NO/c1-2-3-4-11-7-8-5-9(10)6-8/h8-9H,2-7,10H2,1H3. The summed E-state index contributed by atoms with van der Waals surface area (Å²) in [5.74, 6) is 0.766. The van der Waals surface area contributed by atoms with E-state index < -0.39 is 0 Å². The number of nitrogens with two attached hydrogens (primary N) is 1. The predicted octanol–water partition coefficient (Wildman–Crippen LogP) is 1.54. The minimum Gasteiger partial charge on any atom is -0.381 e. The molecule has 2 N–H and O–H groups in total. The predicted molar refractivity (Wildman–Crippen MR) is 46.4 cm³/mol. The van der Waals surface area contributed by atoms with Gasteiger partial charge in [-0.3, -0.25) is 0 Å². The molecule has 0 unspecified atom stereocenters. The Hall–Kier alpha value is -0.0800. The molecule has 0 aromatic carbocycles. The maximum atomic E-state index is 5.64. The van der Waals surface area contributed by atoms with Gasteiger partial charge in [-0.2, -0.15) is 0 Å². The third-order valence-corrected chi connectivity index (χ3v) is 2.27. The molecular weight excluding hydrogens is 138 g/mol. The molecule has 0 aliphatic heterocycles. The monoisotopic (exact) mass is 157 g/mol. The van der Waals surface area contributed by atoms with E-state index in [1.165, 1.54) is 25.7 Å². The first kappa shape index (κ1) is 9.01. The van der Waals surface area contributed by atoms with Crippen LogP contribution in [0, 0.1) is 5.92 Å². The summed E-state index contributed by atoms with van der Waals surface area (Å²) in [4.78, 5) is 0. The summed E-state index contributed by atoms with van der Waals surface area (Å²) in [5.41, 5.74) is 5.64. The quantitative estimate of drug-likeness (QED) is 0.614. The molecule has 1 aliphatic carbocycles. The van der Waals surface area contributed by atoms with Gasteiger partial charge in [-0.1, -0.05) is 13.3 Å². The molecule has 0 amide bonds. The lowest BCUT2D eigenvalue weighted by Gasteiger charge is -2.31. The van der Waals surface area contributed by atoms with Crippen LogP contribution >= 0.6 is 0 Å². The van der Waals surface area contributed by atoms with E-state index in [-0.39, 0.29) is 0 Å². The number of ether oxygens (including phenoxy) is 1. The van der Waals surface area contributed by atoms with Gasteiger partial charge >= 0.3 is 0 Å². The van der Waals surface area contributed by atoms with E-state index in [4.69, 9.17) is 10.5 Å². The normalized spacial score (nSPS) is 30.0. The van der Waals surface area contributed by atoms with E-state index in [2.05, 4.69) is 6.92 Å². The average molecular weight is 157 g/mol. The fourth-order valence-electron chi connectivity index (χ4n) is 1.42. The summed E-state index contributed by atoms with van der Waals surface area (Å²) >= 11 is 0. The minimum absolute atomic E-state index is 0.467. The lowest BCUT2D eigenvalue weighted by molar-refractivity contribution is 0.0605. The number of hydrogen-bond donors (Lipinski definition) is 1. The second-order valence-corrected chi connectivity index (χ2v) is 3.53. The fraction of sp³-hybridized carbons (Fsp3) is 1.00. The molecule has 0 spiro atoms. The number of rotatable bonds is 5. The van der Waals surface area contributed by atoms with Crippen LogP contribution in [0.4, 0.5) is 0 Å². The Labute approximate surface area is 69.1 Å². The molecule has 11 heavy (non-hydrogen) atoms.